The molecule has 0 unspecified atom stereocenters. The van der Waals surface area contributed by atoms with Gasteiger partial charge in [0, 0.05) is 26.1 Å². The van der Waals surface area contributed by atoms with E-state index in [-0.39, 0.29) is 24.3 Å². The van der Waals surface area contributed by atoms with E-state index in [1.807, 2.05) is 44.2 Å². The van der Waals surface area contributed by atoms with Crippen LogP contribution in [0.2, 0.25) is 0 Å². The Bertz CT molecular complexity index is 815. The predicted octanol–water partition coefficient (Wildman–Crippen LogP) is 2.56. The molecule has 0 spiro atoms. The van der Waals surface area contributed by atoms with Crippen LogP contribution in [0.25, 0.3) is 0 Å². The molecule has 0 radical (unpaired) electrons. The molecule has 2 atom stereocenters. The molecular formula is C20H25N3O4. The first-order valence-electron chi connectivity index (χ1n) is 9.05. The number of nitrogens with zero attached hydrogens (tertiary/aromatic N) is 3. The van der Waals surface area contributed by atoms with Crippen molar-refractivity contribution in [3.05, 3.63) is 47.3 Å². The molecule has 1 fully saturated rings. The number of benzene rings is 1. The van der Waals surface area contributed by atoms with Gasteiger partial charge in [-0.05, 0) is 31.5 Å². The SMILES string of the molecule is CCN1C(=O)C[C@@H](C(=O)N(C)Cc2cc(C)on2)[C@@H]1c1ccc(OC)cc1. The molecule has 1 aromatic carbocycles. The minimum Gasteiger partial charge on any atom is -0.497 e. The molecule has 0 bridgehead atoms. The molecule has 1 aromatic heterocycles. The van der Waals surface area contributed by atoms with Crippen LogP contribution in [0.15, 0.2) is 34.9 Å². The Hall–Kier alpha value is -2.83. The maximum atomic E-state index is 13.1. The fraction of sp³-hybridized carbons (Fsp3) is 0.450. The lowest BCUT2D eigenvalue weighted by molar-refractivity contribution is -0.135. The van der Waals surface area contributed by atoms with E-state index in [9.17, 15) is 9.59 Å². The van der Waals surface area contributed by atoms with Gasteiger partial charge in [-0.2, -0.15) is 0 Å². The molecule has 0 saturated carbocycles. The third kappa shape index (κ3) is 3.82. The number of aromatic nitrogens is 1. The largest absolute Gasteiger partial charge is 0.497 e. The first-order valence-corrected chi connectivity index (χ1v) is 9.05. The van der Waals surface area contributed by atoms with Crippen molar-refractivity contribution < 1.29 is 18.8 Å². The summed E-state index contributed by atoms with van der Waals surface area (Å²) in [5, 5.41) is 3.95. The summed E-state index contributed by atoms with van der Waals surface area (Å²) >= 11 is 0. The Kier molecular flexibility index (Phi) is 5.48. The Morgan fingerprint density at radius 3 is 2.63 bits per heavy atom. The highest BCUT2D eigenvalue weighted by Crippen LogP contribution is 2.39. The van der Waals surface area contributed by atoms with Crippen LogP contribution in [0.5, 0.6) is 5.75 Å². The standard InChI is InChI=1S/C20H25N3O4/c1-5-23-18(24)11-17(19(23)14-6-8-16(26-4)9-7-14)20(25)22(3)12-15-10-13(2)27-21-15/h6-10,17,19H,5,11-12H2,1-4H3/t17-,19+/m1/s1. The van der Waals surface area contributed by atoms with E-state index in [1.54, 1.807) is 24.0 Å². The average Bonchev–Trinajstić information content (AvgIpc) is 3.23. The molecule has 7 heteroatoms. The van der Waals surface area contributed by atoms with Crippen molar-refractivity contribution in [3.8, 4) is 5.75 Å². The molecule has 1 saturated heterocycles. The molecule has 2 amide bonds. The van der Waals surface area contributed by atoms with Crippen LogP contribution < -0.4 is 4.74 Å². The van der Waals surface area contributed by atoms with E-state index in [2.05, 4.69) is 5.16 Å². The lowest BCUT2D eigenvalue weighted by Gasteiger charge is -2.29. The molecule has 27 heavy (non-hydrogen) atoms. The van der Waals surface area contributed by atoms with E-state index in [0.29, 0.717) is 24.5 Å². The first-order chi connectivity index (χ1) is 12.9. The van der Waals surface area contributed by atoms with E-state index in [1.165, 1.54) is 0 Å². The molecule has 2 aromatic rings. The van der Waals surface area contributed by atoms with Crippen molar-refractivity contribution >= 4 is 11.8 Å². The molecule has 0 N–H and O–H groups in total. The minimum atomic E-state index is -0.427. The third-order valence-corrected chi connectivity index (χ3v) is 5.00. The van der Waals surface area contributed by atoms with Gasteiger partial charge in [0.15, 0.2) is 0 Å². The Balaban J connectivity index is 1.84. The van der Waals surface area contributed by atoms with Gasteiger partial charge in [0.05, 0.1) is 25.6 Å². The zero-order valence-electron chi connectivity index (χ0n) is 16.1. The lowest BCUT2D eigenvalue weighted by Crippen LogP contribution is -2.36. The smallest absolute Gasteiger partial charge is 0.228 e. The Labute approximate surface area is 158 Å². The Morgan fingerprint density at radius 1 is 1.37 bits per heavy atom. The van der Waals surface area contributed by atoms with Crippen molar-refractivity contribution in [3.63, 3.8) is 0 Å². The summed E-state index contributed by atoms with van der Waals surface area (Å²) in [5.41, 5.74) is 1.63. The lowest BCUT2D eigenvalue weighted by atomic mass is 9.92. The normalized spacial score (nSPS) is 19.4. The summed E-state index contributed by atoms with van der Waals surface area (Å²) in [4.78, 5) is 29.0. The minimum absolute atomic E-state index is 0.00217. The van der Waals surface area contributed by atoms with Crippen LogP contribution in [0.4, 0.5) is 0 Å². The zero-order chi connectivity index (χ0) is 19.6. The number of hydrogen-bond acceptors (Lipinski definition) is 5. The second-order valence-corrected chi connectivity index (χ2v) is 6.83. The zero-order valence-corrected chi connectivity index (χ0v) is 16.1. The quantitative estimate of drug-likeness (QED) is 0.780. The molecule has 0 aliphatic carbocycles. The van der Waals surface area contributed by atoms with Crippen molar-refractivity contribution in [2.24, 2.45) is 5.92 Å². The van der Waals surface area contributed by atoms with Gasteiger partial charge in [-0.3, -0.25) is 9.59 Å². The Morgan fingerprint density at radius 2 is 2.07 bits per heavy atom. The van der Waals surface area contributed by atoms with Crippen molar-refractivity contribution in [1.29, 1.82) is 0 Å². The van der Waals surface area contributed by atoms with Crippen LogP contribution >= 0.6 is 0 Å². The number of rotatable bonds is 6. The number of amides is 2. The number of aryl methyl sites for hydroxylation is 1. The van der Waals surface area contributed by atoms with E-state index >= 15 is 0 Å². The predicted molar refractivity (Wildman–Crippen MR) is 98.9 cm³/mol. The fourth-order valence-electron chi connectivity index (χ4n) is 3.69. The topological polar surface area (TPSA) is 75.9 Å². The number of hydrogen-bond donors (Lipinski definition) is 0. The maximum Gasteiger partial charge on any atom is 0.228 e. The molecule has 1 aliphatic heterocycles. The summed E-state index contributed by atoms with van der Waals surface area (Å²) in [5.74, 6) is 0.953. The molecule has 1 aliphatic rings. The van der Waals surface area contributed by atoms with Gasteiger partial charge in [0.1, 0.15) is 17.2 Å². The highest BCUT2D eigenvalue weighted by atomic mass is 16.5. The summed E-state index contributed by atoms with van der Waals surface area (Å²) in [6.07, 6.45) is 0.214. The fourth-order valence-corrected chi connectivity index (χ4v) is 3.69. The molecular weight excluding hydrogens is 346 g/mol. The van der Waals surface area contributed by atoms with Gasteiger partial charge < -0.3 is 19.1 Å². The average molecular weight is 371 g/mol. The summed E-state index contributed by atoms with van der Waals surface area (Å²) in [7, 11) is 3.34. The number of carbonyl (C=O) groups is 2. The monoisotopic (exact) mass is 371 g/mol. The number of carbonyl (C=O) groups excluding carboxylic acids is 2. The van der Waals surface area contributed by atoms with Gasteiger partial charge >= 0.3 is 0 Å². The maximum absolute atomic E-state index is 13.1. The molecule has 7 nitrogen and oxygen atoms in total. The second-order valence-electron chi connectivity index (χ2n) is 6.83. The summed E-state index contributed by atoms with van der Waals surface area (Å²) in [6.45, 7) is 4.66. The molecule has 2 heterocycles. The van der Waals surface area contributed by atoms with Gasteiger partial charge in [-0.15, -0.1) is 0 Å². The summed E-state index contributed by atoms with van der Waals surface area (Å²) in [6, 6.07) is 9.09. The van der Waals surface area contributed by atoms with Gasteiger partial charge in [-0.25, -0.2) is 0 Å². The van der Waals surface area contributed by atoms with Crippen molar-refractivity contribution in [2.45, 2.75) is 32.9 Å². The van der Waals surface area contributed by atoms with Gasteiger partial charge in [0.2, 0.25) is 11.8 Å². The van der Waals surface area contributed by atoms with E-state index < -0.39 is 5.92 Å². The van der Waals surface area contributed by atoms with Crippen molar-refractivity contribution in [1.82, 2.24) is 15.0 Å². The van der Waals surface area contributed by atoms with Gasteiger partial charge in [0.25, 0.3) is 0 Å². The van der Waals surface area contributed by atoms with Gasteiger partial charge in [-0.1, -0.05) is 17.3 Å². The highest BCUT2D eigenvalue weighted by molar-refractivity contribution is 5.90. The third-order valence-electron chi connectivity index (χ3n) is 5.00. The van der Waals surface area contributed by atoms with E-state index in [0.717, 1.165) is 11.3 Å². The number of likely N-dealkylation sites (tertiary alicyclic amines) is 1. The van der Waals surface area contributed by atoms with E-state index in [4.69, 9.17) is 9.26 Å². The number of ether oxygens (including phenoxy) is 1. The van der Waals surface area contributed by atoms with Crippen LogP contribution in [0.3, 0.4) is 0 Å². The number of methoxy groups -OCH3 is 1. The second kappa shape index (κ2) is 7.82. The van der Waals surface area contributed by atoms with Crippen molar-refractivity contribution in [2.75, 3.05) is 20.7 Å². The van der Waals surface area contributed by atoms with Crippen LogP contribution in [0, 0.1) is 12.8 Å². The first kappa shape index (κ1) is 18.9. The van der Waals surface area contributed by atoms with Crippen LogP contribution in [0.1, 0.15) is 36.4 Å². The highest BCUT2D eigenvalue weighted by Gasteiger charge is 2.44. The summed E-state index contributed by atoms with van der Waals surface area (Å²) < 4.78 is 10.3. The van der Waals surface area contributed by atoms with Crippen LogP contribution in [-0.2, 0) is 16.1 Å². The molecule has 144 valence electrons. The van der Waals surface area contributed by atoms with Crippen LogP contribution in [-0.4, -0.2) is 47.5 Å². The molecule has 3 rings (SSSR count).